The molecule has 3 rings (SSSR count). The summed E-state index contributed by atoms with van der Waals surface area (Å²) >= 11 is 5.96. The largest absolute Gasteiger partial charge is 0.462 e. The number of benzene rings is 1. The Morgan fingerprint density at radius 1 is 1.33 bits per heavy atom. The van der Waals surface area contributed by atoms with Gasteiger partial charge < -0.3 is 15.2 Å². The average molecular weight is 348 g/mol. The third kappa shape index (κ3) is 2.91. The van der Waals surface area contributed by atoms with Crippen molar-refractivity contribution in [2.45, 2.75) is 32.1 Å². The quantitative estimate of drug-likeness (QED) is 0.849. The summed E-state index contributed by atoms with van der Waals surface area (Å²) in [6, 6.07) is 7.02. The summed E-state index contributed by atoms with van der Waals surface area (Å²) in [7, 11) is 0. The van der Waals surface area contributed by atoms with Crippen molar-refractivity contribution in [2.24, 2.45) is 5.73 Å². The Balaban J connectivity index is 2.15. The molecule has 0 radical (unpaired) electrons. The molecule has 1 heterocycles. The first-order chi connectivity index (χ1) is 11.5. The van der Waals surface area contributed by atoms with Crippen molar-refractivity contribution >= 4 is 23.4 Å². The molecular weight excluding hydrogens is 330 g/mol. The molecule has 0 fully saturated rings. The Bertz CT molecular complexity index is 749. The molecule has 1 atom stereocenters. The molecule has 0 saturated heterocycles. The van der Waals surface area contributed by atoms with E-state index in [-0.39, 0.29) is 23.8 Å². The summed E-state index contributed by atoms with van der Waals surface area (Å²) in [5, 5.41) is 0.574. The Labute approximate surface area is 145 Å². The van der Waals surface area contributed by atoms with E-state index in [9.17, 15) is 9.59 Å². The number of ether oxygens (including phenoxy) is 2. The molecule has 0 unspecified atom stereocenters. The number of allylic oxidation sites excluding steroid dienone is 2. The molecule has 2 N–H and O–H groups in total. The first kappa shape index (κ1) is 16.6. The predicted molar refractivity (Wildman–Crippen MR) is 89.0 cm³/mol. The van der Waals surface area contributed by atoms with Gasteiger partial charge in [0.1, 0.15) is 11.3 Å². The van der Waals surface area contributed by atoms with Crippen molar-refractivity contribution in [3.05, 3.63) is 57.6 Å². The summed E-state index contributed by atoms with van der Waals surface area (Å²) in [5.41, 5.74) is 7.44. The van der Waals surface area contributed by atoms with E-state index < -0.39 is 11.9 Å². The van der Waals surface area contributed by atoms with Gasteiger partial charge in [-0.15, -0.1) is 0 Å². The number of hydrogen-bond donors (Lipinski definition) is 1. The Kier molecular flexibility index (Phi) is 4.62. The van der Waals surface area contributed by atoms with Gasteiger partial charge in [0.2, 0.25) is 5.88 Å². The van der Waals surface area contributed by atoms with Gasteiger partial charge in [0, 0.05) is 23.4 Å². The second-order valence-corrected chi connectivity index (χ2v) is 6.14. The van der Waals surface area contributed by atoms with Crippen LogP contribution in [0.15, 0.2) is 47.1 Å². The van der Waals surface area contributed by atoms with Gasteiger partial charge in [0.25, 0.3) is 0 Å². The lowest BCUT2D eigenvalue weighted by Crippen LogP contribution is -2.31. The lowest BCUT2D eigenvalue weighted by molar-refractivity contribution is -0.139. The van der Waals surface area contributed by atoms with Crippen molar-refractivity contribution in [1.82, 2.24) is 0 Å². The maximum atomic E-state index is 12.5. The maximum Gasteiger partial charge on any atom is 0.340 e. The van der Waals surface area contributed by atoms with E-state index in [2.05, 4.69) is 0 Å². The van der Waals surface area contributed by atoms with Crippen LogP contribution in [0.5, 0.6) is 0 Å². The Hall–Kier alpha value is -2.27. The summed E-state index contributed by atoms with van der Waals surface area (Å²) in [4.78, 5) is 25.0. The normalized spacial score (nSPS) is 20.6. The first-order valence-electron chi connectivity index (χ1n) is 7.89. The highest BCUT2D eigenvalue weighted by molar-refractivity contribution is 6.30. The smallest absolute Gasteiger partial charge is 0.340 e. The zero-order chi connectivity index (χ0) is 17.3. The molecule has 0 saturated carbocycles. The van der Waals surface area contributed by atoms with Crippen LogP contribution >= 0.6 is 11.6 Å². The monoisotopic (exact) mass is 347 g/mol. The second-order valence-electron chi connectivity index (χ2n) is 5.70. The number of hydrogen-bond acceptors (Lipinski definition) is 5. The fourth-order valence-electron chi connectivity index (χ4n) is 3.15. The summed E-state index contributed by atoms with van der Waals surface area (Å²) in [5.74, 6) is -0.623. The molecule has 1 aliphatic carbocycles. The van der Waals surface area contributed by atoms with E-state index in [4.69, 9.17) is 26.8 Å². The third-order valence-corrected chi connectivity index (χ3v) is 4.44. The zero-order valence-corrected chi connectivity index (χ0v) is 14.1. The fourth-order valence-corrected chi connectivity index (χ4v) is 3.28. The van der Waals surface area contributed by atoms with Crippen LogP contribution in [-0.4, -0.2) is 18.4 Å². The maximum absolute atomic E-state index is 12.5. The summed E-state index contributed by atoms with van der Waals surface area (Å²) in [6.45, 7) is 1.93. The minimum absolute atomic E-state index is 0.00171. The van der Waals surface area contributed by atoms with Gasteiger partial charge in [0.15, 0.2) is 5.78 Å². The van der Waals surface area contributed by atoms with E-state index in [0.29, 0.717) is 35.6 Å². The molecule has 0 bridgehead atoms. The molecule has 2 aliphatic rings. The second kappa shape index (κ2) is 6.69. The van der Waals surface area contributed by atoms with Gasteiger partial charge in [-0.05, 0) is 31.0 Å². The molecule has 6 heteroatoms. The van der Waals surface area contributed by atoms with Crippen molar-refractivity contribution < 1.29 is 19.1 Å². The van der Waals surface area contributed by atoms with Crippen molar-refractivity contribution in [2.75, 3.05) is 6.61 Å². The highest BCUT2D eigenvalue weighted by atomic mass is 35.5. The molecule has 24 heavy (non-hydrogen) atoms. The standard InChI is InChI=1S/C18H18ClNO4/c1-2-23-18(22)16-14(10-6-8-11(19)9-7-10)15-12(21)4-3-5-13(15)24-17(16)20/h6-9,14H,2-5,20H2,1H3/t14-/m1/s1. The highest BCUT2D eigenvalue weighted by Crippen LogP contribution is 2.44. The van der Waals surface area contributed by atoms with Gasteiger partial charge in [0.05, 0.1) is 12.5 Å². The van der Waals surface area contributed by atoms with Crippen molar-refractivity contribution in [1.29, 1.82) is 0 Å². The molecule has 126 valence electrons. The van der Waals surface area contributed by atoms with Crippen molar-refractivity contribution in [3.63, 3.8) is 0 Å². The number of carbonyl (C=O) groups excluding carboxylic acids is 2. The molecule has 0 amide bonds. The Morgan fingerprint density at radius 2 is 2.04 bits per heavy atom. The highest BCUT2D eigenvalue weighted by Gasteiger charge is 2.41. The van der Waals surface area contributed by atoms with E-state index in [1.165, 1.54) is 0 Å². The molecule has 0 spiro atoms. The number of nitrogens with two attached hydrogens (primary N) is 1. The van der Waals surface area contributed by atoms with Gasteiger partial charge in [-0.2, -0.15) is 0 Å². The van der Waals surface area contributed by atoms with Crippen LogP contribution in [0.3, 0.4) is 0 Å². The van der Waals surface area contributed by atoms with Crippen LogP contribution in [0.2, 0.25) is 5.02 Å². The fraction of sp³-hybridized carbons (Fsp3) is 0.333. The zero-order valence-electron chi connectivity index (χ0n) is 13.3. The number of esters is 1. The molecule has 0 aromatic heterocycles. The summed E-state index contributed by atoms with van der Waals surface area (Å²) in [6.07, 6.45) is 1.78. The lowest BCUT2D eigenvalue weighted by atomic mass is 9.77. The van der Waals surface area contributed by atoms with Crippen LogP contribution in [-0.2, 0) is 19.1 Å². The molecular formula is C18H18ClNO4. The average Bonchev–Trinajstić information content (AvgIpc) is 2.55. The van der Waals surface area contributed by atoms with Gasteiger partial charge in [-0.3, -0.25) is 4.79 Å². The van der Waals surface area contributed by atoms with E-state index in [1.807, 2.05) is 0 Å². The number of ketones is 1. The van der Waals surface area contributed by atoms with Crippen LogP contribution in [0, 0.1) is 0 Å². The molecule has 5 nitrogen and oxygen atoms in total. The SMILES string of the molecule is CCOC(=O)C1=C(N)OC2=C(C(=O)CCC2)[C@H]1c1ccc(Cl)cc1. The van der Waals surface area contributed by atoms with E-state index in [1.54, 1.807) is 31.2 Å². The number of Topliss-reactive ketones (excluding diaryl/α,β-unsaturated/α-hetero) is 1. The van der Waals surface area contributed by atoms with Gasteiger partial charge in [-0.1, -0.05) is 23.7 Å². The summed E-state index contributed by atoms with van der Waals surface area (Å²) < 4.78 is 10.7. The molecule has 1 aromatic carbocycles. The third-order valence-electron chi connectivity index (χ3n) is 4.18. The molecule has 1 aromatic rings. The lowest BCUT2D eigenvalue weighted by Gasteiger charge is -2.32. The topological polar surface area (TPSA) is 78.6 Å². The predicted octanol–water partition coefficient (Wildman–Crippen LogP) is 3.19. The van der Waals surface area contributed by atoms with Crippen LogP contribution in [0.1, 0.15) is 37.7 Å². The molecule has 1 aliphatic heterocycles. The van der Waals surface area contributed by atoms with Crippen LogP contribution in [0.25, 0.3) is 0 Å². The minimum atomic E-state index is -0.585. The van der Waals surface area contributed by atoms with Crippen LogP contribution in [0.4, 0.5) is 0 Å². The number of halogens is 1. The number of rotatable bonds is 3. The Morgan fingerprint density at radius 3 is 2.71 bits per heavy atom. The van der Waals surface area contributed by atoms with E-state index >= 15 is 0 Å². The van der Waals surface area contributed by atoms with Gasteiger partial charge >= 0.3 is 5.97 Å². The minimum Gasteiger partial charge on any atom is -0.462 e. The first-order valence-corrected chi connectivity index (χ1v) is 8.27. The van der Waals surface area contributed by atoms with Crippen molar-refractivity contribution in [3.8, 4) is 0 Å². The van der Waals surface area contributed by atoms with Crippen LogP contribution < -0.4 is 5.73 Å². The number of carbonyl (C=O) groups is 2. The van der Waals surface area contributed by atoms with E-state index in [0.717, 1.165) is 5.56 Å². The van der Waals surface area contributed by atoms with Gasteiger partial charge in [-0.25, -0.2) is 4.79 Å².